The third kappa shape index (κ3) is 3.73. The zero-order chi connectivity index (χ0) is 17.9. The van der Waals surface area contributed by atoms with Crippen molar-refractivity contribution in [2.75, 3.05) is 19.4 Å². The van der Waals surface area contributed by atoms with Gasteiger partial charge in [-0.3, -0.25) is 5.32 Å². The number of allylic oxidation sites excluding steroid dienone is 1. The molecule has 1 amide bonds. The standard InChI is InChI=1S/C16H19N3O4S2/c1-11-13(14(20)22-2)25-16(17-8-9-24-16)19(11)18-15(21)23-10-12-6-4-3-5-7-12/h3-7,17H,8-10H2,1-2H3,(H,18,21). The minimum Gasteiger partial charge on any atom is -0.465 e. The number of nitrogens with one attached hydrogen (secondary N) is 2. The van der Waals surface area contributed by atoms with Gasteiger partial charge < -0.3 is 9.47 Å². The van der Waals surface area contributed by atoms with Crippen LogP contribution in [0.5, 0.6) is 0 Å². The summed E-state index contributed by atoms with van der Waals surface area (Å²) in [5.74, 6) is 0.449. The van der Waals surface area contributed by atoms with Crippen LogP contribution in [0.15, 0.2) is 40.9 Å². The van der Waals surface area contributed by atoms with Crippen molar-refractivity contribution in [2.24, 2.45) is 0 Å². The van der Waals surface area contributed by atoms with Crippen LogP contribution in [0.1, 0.15) is 12.5 Å². The van der Waals surface area contributed by atoms with Gasteiger partial charge in [-0.1, -0.05) is 42.1 Å². The molecule has 1 unspecified atom stereocenters. The molecule has 1 saturated heterocycles. The number of esters is 1. The van der Waals surface area contributed by atoms with Crippen LogP contribution in [0.25, 0.3) is 0 Å². The molecule has 2 heterocycles. The van der Waals surface area contributed by atoms with Gasteiger partial charge in [-0.15, -0.1) is 11.8 Å². The average Bonchev–Trinajstić information content (AvgIpc) is 3.21. The number of carbonyl (C=O) groups is 2. The molecule has 0 saturated carbocycles. The SMILES string of the molecule is COC(=O)C1=C(C)N(NC(=O)OCc2ccccc2)C2(NCCS2)S1. The molecular weight excluding hydrogens is 362 g/mol. The number of methoxy groups -OCH3 is 1. The quantitative estimate of drug-likeness (QED) is 0.769. The van der Waals surface area contributed by atoms with E-state index in [1.165, 1.54) is 18.9 Å². The maximum atomic E-state index is 12.2. The summed E-state index contributed by atoms with van der Waals surface area (Å²) < 4.78 is 9.47. The lowest BCUT2D eigenvalue weighted by Gasteiger charge is -2.35. The normalized spacial score (nSPS) is 22.4. The van der Waals surface area contributed by atoms with E-state index in [0.29, 0.717) is 10.6 Å². The van der Waals surface area contributed by atoms with Crippen LogP contribution in [-0.2, 0) is 20.9 Å². The number of hydrazine groups is 1. The van der Waals surface area contributed by atoms with Crippen LogP contribution in [0.4, 0.5) is 4.79 Å². The maximum absolute atomic E-state index is 12.2. The number of rotatable bonds is 4. The number of hydrogen-bond acceptors (Lipinski definition) is 8. The average molecular weight is 381 g/mol. The van der Waals surface area contributed by atoms with Crippen LogP contribution < -0.4 is 10.7 Å². The molecular formula is C16H19N3O4S2. The molecule has 1 atom stereocenters. The summed E-state index contributed by atoms with van der Waals surface area (Å²) in [6, 6.07) is 9.44. The molecule has 0 aliphatic carbocycles. The zero-order valence-corrected chi connectivity index (χ0v) is 15.5. The summed E-state index contributed by atoms with van der Waals surface area (Å²) in [4.78, 5) is 24.7. The first-order valence-electron chi connectivity index (χ1n) is 7.70. The number of ether oxygens (including phenoxy) is 2. The fourth-order valence-corrected chi connectivity index (χ4v) is 5.39. The first-order chi connectivity index (χ1) is 12.1. The second kappa shape index (κ2) is 7.59. The van der Waals surface area contributed by atoms with Gasteiger partial charge in [0.1, 0.15) is 11.5 Å². The van der Waals surface area contributed by atoms with Gasteiger partial charge in [-0.25, -0.2) is 20.0 Å². The number of thioether (sulfide) groups is 2. The highest BCUT2D eigenvalue weighted by molar-refractivity contribution is 8.20. The highest BCUT2D eigenvalue weighted by Gasteiger charge is 2.51. The molecule has 2 aliphatic heterocycles. The van der Waals surface area contributed by atoms with Gasteiger partial charge in [0.2, 0.25) is 4.33 Å². The summed E-state index contributed by atoms with van der Waals surface area (Å²) in [6.45, 7) is 2.72. The van der Waals surface area contributed by atoms with Crippen molar-refractivity contribution in [2.45, 2.75) is 17.9 Å². The minimum atomic E-state index is -0.653. The Morgan fingerprint density at radius 3 is 2.76 bits per heavy atom. The molecule has 1 fully saturated rings. The molecule has 3 rings (SSSR count). The van der Waals surface area contributed by atoms with Gasteiger partial charge in [0.05, 0.1) is 12.8 Å². The van der Waals surface area contributed by atoms with E-state index < -0.39 is 16.4 Å². The van der Waals surface area contributed by atoms with E-state index in [2.05, 4.69) is 10.7 Å². The summed E-state index contributed by atoms with van der Waals surface area (Å²) >= 11 is 2.95. The monoisotopic (exact) mass is 381 g/mol. The lowest BCUT2D eigenvalue weighted by molar-refractivity contribution is -0.135. The van der Waals surface area contributed by atoms with Gasteiger partial charge in [0.15, 0.2) is 0 Å². The lowest BCUT2D eigenvalue weighted by atomic mass is 10.2. The number of nitrogens with zero attached hydrogens (tertiary/aromatic N) is 1. The van der Waals surface area contributed by atoms with Gasteiger partial charge >= 0.3 is 12.1 Å². The van der Waals surface area contributed by atoms with Crippen molar-refractivity contribution in [1.29, 1.82) is 0 Å². The summed E-state index contributed by atoms with van der Waals surface area (Å²) in [6.07, 6.45) is -0.580. The van der Waals surface area contributed by atoms with Crippen molar-refractivity contribution in [3.05, 3.63) is 46.5 Å². The molecule has 2 N–H and O–H groups in total. The van der Waals surface area contributed by atoms with Crippen molar-refractivity contribution in [1.82, 2.24) is 15.8 Å². The Hall–Kier alpha value is -1.84. The van der Waals surface area contributed by atoms with Crippen molar-refractivity contribution in [3.63, 3.8) is 0 Å². The number of carbonyl (C=O) groups excluding carboxylic acids is 2. The molecule has 0 radical (unpaired) electrons. The van der Waals surface area contributed by atoms with E-state index in [-0.39, 0.29) is 6.61 Å². The Morgan fingerprint density at radius 1 is 1.36 bits per heavy atom. The largest absolute Gasteiger partial charge is 0.465 e. The van der Waals surface area contributed by atoms with Crippen LogP contribution in [0.2, 0.25) is 0 Å². The molecule has 1 aromatic carbocycles. The molecule has 7 nitrogen and oxygen atoms in total. The minimum absolute atomic E-state index is 0.174. The molecule has 2 aliphatic rings. The highest BCUT2D eigenvalue weighted by Crippen LogP contribution is 2.52. The molecule has 25 heavy (non-hydrogen) atoms. The zero-order valence-electron chi connectivity index (χ0n) is 13.9. The van der Waals surface area contributed by atoms with Crippen molar-refractivity contribution < 1.29 is 19.1 Å². The third-order valence-electron chi connectivity index (χ3n) is 3.73. The van der Waals surface area contributed by atoms with Crippen LogP contribution in [-0.4, -0.2) is 40.8 Å². The Balaban J connectivity index is 1.70. The molecule has 0 aromatic heterocycles. The van der Waals surface area contributed by atoms with Gasteiger partial charge in [0.25, 0.3) is 0 Å². The highest BCUT2D eigenvalue weighted by atomic mass is 32.2. The Labute approximate surface area is 154 Å². The predicted octanol–water partition coefficient (Wildman–Crippen LogP) is 2.23. The van der Waals surface area contributed by atoms with Crippen LogP contribution >= 0.6 is 23.5 Å². The number of amides is 1. The lowest BCUT2D eigenvalue weighted by Crippen LogP contribution is -2.55. The fourth-order valence-electron chi connectivity index (χ4n) is 2.52. The second-order valence-electron chi connectivity index (χ2n) is 5.37. The molecule has 1 spiro atoms. The van der Waals surface area contributed by atoms with E-state index >= 15 is 0 Å². The van der Waals surface area contributed by atoms with Crippen LogP contribution in [0.3, 0.4) is 0 Å². The first-order valence-corrected chi connectivity index (χ1v) is 9.51. The van der Waals surface area contributed by atoms with Crippen molar-refractivity contribution >= 4 is 35.6 Å². The molecule has 9 heteroatoms. The molecule has 1 aromatic rings. The van der Waals surface area contributed by atoms with E-state index in [0.717, 1.165) is 17.9 Å². The topological polar surface area (TPSA) is 79.9 Å². The smallest absolute Gasteiger partial charge is 0.426 e. The van der Waals surface area contributed by atoms with Crippen molar-refractivity contribution in [3.8, 4) is 0 Å². The molecule has 134 valence electrons. The summed E-state index contributed by atoms with van der Waals surface area (Å²) in [5.41, 5.74) is 4.27. The summed E-state index contributed by atoms with van der Waals surface area (Å²) in [7, 11) is 1.34. The predicted molar refractivity (Wildman–Crippen MR) is 97.1 cm³/mol. The van der Waals surface area contributed by atoms with Gasteiger partial charge in [0, 0.05) is 12.3 Å². The van der Waals surface area contributed by atoms with Crippen LogP contribution in [0, 0.1) is 0 Å². The van der Waals surface area contributed by atoms with Gasteiger partial charge in [-0.2, -0.15) is 0 Å². The number of benzene rings is 1. The Morgan fingerprint density at radius 2 is 2.12 bits per heavy atom. The second-order valence-corrected chi connectivity index (χ2v) is 8.12. The number of hydrogen-bond donors (Lipinski definition) is 2. The maximum Gasteiger partial charge on any atom is 0.426 e. The first kappa shape index (κ1) is 18.0. The summed E-state index contributed by atoms with van der Waals surface area (Å²) in [5, 5.41) is 4.98. The van der Waals surface area contributed by atoms with E-state index in [9.17, 15) is 9.59 Å². The Bertz CT molecular complexity index is 690. The van der Waals surface area contributed by atoms with E-state index in [4.69, 9.17) is 9.47 Å². The van der Waals surface area contributed by atoms with E-state index in [1.54, 1.807) is 23.7 Å². The molecule has 0 bridgehead atoms. The third-order valence-corrected chi connectivity index (χ3v) is 6.73. The fraction of sp³-hybridized carbons (Fsp3) is 0.375. The van der Waals surface area contributed by atoms with Gasteiger partial charge in [-0.05, 0) is 12.5 Å². The Kier molecular flexibility index (Phi) is 5.45. The van der Waals surface area contributed by atoms with E-state index in [1.807, 2.05) is 30.3 Å².